The Balaban J connectivity index is 2.36. The Hall–Kier alpha value is -1.81. The van der Waals surface area contributed by atoms with Gasteiger partial charge in [0.15, 0.2) is 0 Å². The van der Waals surface area contributed by atoms with Crippen molar-refractivity contribution in [1.82, 2.24) is 4.98 Å². The molecule has 1 unspecified atom stereocenters. The number of nitrogen functional groups attached to an aromatic ring is 1. The highest BCUT2D eigenvalue weighted by molar-refractivity contribution is 5.93. The summed E-state index contributed by atoms with van der Waals surface area (Å²) in [5.41, 5.74) is 8.06. The molecule has 1 atom stereocenters. The number of anilines is 1. The maximum Gasteiger partial charge on any atom is 0.221 e. The molecular weight excluding hydrogens is 204 g/mol. The molecule has 0 aliphatic carbocycles. The Morgan fingerprint density at radius 2 is 2.19 bits per heavy atom. The largest absolute Gasteiger partial charge is 0.477 e. The van der Waals surface area contributed by atoms with Crippen LogP contribution in [0.1, 0.15) is 18.1 Å². The fourth-order valence-corrected chi connectivity index (χ4v) is 2.07. The predicted octanol–water partition coefficient (Wildman–Crippen LogP) is 1.63. The van der Waals surface area contributed by atoms with Crippen LogP contribution < -0.4 is 10.5 Å². The van der Waals surface area contributed by atoms with Gasteiger partial charge in [-0.3, -0.25) is 0 Å². The van der Waals surface area contributed by atoms with E-state index in [-0.39, 0.29) is 0 Å². The number of para-hydroxylation sites is 1. The van der Waals surface area contributed by atoms with E-state index < -0.39 is 6.10 Å². The maximum absolute atomic E-state index is 9.90. The number of ether oxygens (including phenoxy) is 1. The minimum absolute atomic E-state index is 0.468. The molecule has 0 fully saturated rings. The Morgan fingerprint density at radius 3 is 3.06 bits per heavy atom. The lowest BCUT2D eigenvalue weighted by molar-refractivity contribution is 0.113. The summed E-state index contributed by atoms with van der Waals surface area (Å²) in [4.78, 5) is 4.36. The van der Waals surface area contributed by atoms with Crippen molar-refractivity contribution < 1.29 is 9.84 Å². The van der Waals surface area contributed by atoms with E-state index in [1.165, 1.54) is 0 Å². The number of aliphatic hydroxyl groups excluding tert-OH is 1. The van der Waals surface area contributed by atoms with E-state index in [2.05, 4.69) is 4.98 Å². The summed E-state index contributed by atoms with van der Waals surface area (Å²) in [6, 6.07) is 7.60. The lowest BCUT2D eigenvalue weighted by Gasteiger charge is -2.23. The summed E-state index contributed by atoms with van der Waals surface area (Å²) in [6.45, 7) is 0.485. The smallest absolute Gasteiger partial charge is 0.221 e. The molecule has 3 rings (SSSR count). The zero-order chi connectivity index (χ0) is 11.1. The van der Waals surface area contributed by atoms with Gasteiger partial charge in [-0.05, 0) is 6.07 Å². The van der Waals surface area contributed by atoms with Gasteiger partial charge >= 0.3 is 0 Å². The molecule has 2 aromatic rings. The quantitative estimate of drug-likeness (QED) is 0.702. The molecule has 16 heavy (non-hydrogen) atoms. The van der Waals surface area contributed by atoms with Crippen LogP contribution in [0.5, 0.6) is 5.88 Å². The van der Waals surface area contributed by atoms with Gasteiger partial charge in [-0.25, -0.2) is 4.98 Å². The number of pyridine rings is 1. The molecule has 1 aliphatic rings. The highest BCUT2D eigenvalue weighted by Crippen LogP contribution is 2.38. The first kappa shape index (κ1) is 9.42. The van der Waals surface area contributed by atoms with Crippen LogP contribution in [0.4, 0.5) is 5.69 Å². The van der Waals surface area contributed by atoms with Crippen LogP contribution in [-0.2, 0) is 0 Å². The molecular formula is C12H12N2O2. The summed E-state index contributed by atoms with van der Waals surface area (Å²) in [6.07, 6.45) is -0.00196. The van der Waals surface area contributed by atoms with Gasteiger partial charge in [-0.15, -0.1) is 0 Å². The van der Waals surface area contributed by atoms with Crippen LogP contribution in [0.25, 0.3) is 10.9 Å². The van der Waals surface area contributed by atoms with Gasteiger partial charge in [-0.2, -0.15) is 0 Å². The normalized spacial score (nSPS) is 19.2. The SMILES string of the molecule is Nc1c2c(nc3ccccc13)OCCC2O. The molecule has 0 amide bonds. The first-order chi connectivity index (χ1) is 7.77. The molecule has 82 valence electrons. The number of hydrogen-bond donors (Lipinski definition) is 2. The first-order valence-electron chi connectivity index (χ1n) is 5.26. The minimum atomic E-state index is -0.569. The van der Waals surface area contributed by atoms with Crippen LogP contribution in [0.15, 0.2) is 24.3 Å². The molecule has 0 radical (unpaired) electrons. The molecule has 0 saturated carbocycles. The Kier molecular flexibility index (Phi) is 1.97. The van der Waals surface area contributed by atoms with Crippen LogP contribution in [0.3, 0.4) is 0 Å². The average molecular weight is 216 g/mol. The van der Waals surface area contributed by atoms with Crippen molar-refractivity contribution in [1.29, 1.82) is 0 Å². The highest BCUT2D eigenvalue weighted by atomic mass is 16.5. The lowest BCUT2D eigenvalue weighted by atomic mass is 10.0. The molecule has 1 aromatic carbocycles. The van der Waals surface area contributed by atoms with Crippen LogP contribution >= 0.6 is 0 Å². The van der Waals surface area contributed by atoms with Crippen molar-refractivity contribution in [3.05, 3.63) is 29.8 Å². The fraction of sp³-hybridized carbons (Fsp3) is 0.250. The molecule has 2 heterocycles. The number of rotatable bonds is 0. The van der Waals surface area contributed by atoms with Gasteiger partial charge in [0.25, 0.3) is 0 Å². The van der Waals surface area contributed by atoms with Crippen molar-refractivity contribution in [2.75, 3.05) is 12.3 Å². The summed E-state index contributed by atoms with van der Waals surface area (Å²) >= 11 is 0. The van der Waals surface area contributed by atoms with Gasteiger partial charge in [0.05, 0.1) is 29.5 Å². The van der Waals surface area contributed by atoms with Crippen molar-refractivity contribution >= 4 is 16.6 Å². The fourth-order valence-electron chi connectivity index (χ4n) is 2.07. The van der Waals surface area contributed by atoms with E-state index in [0.29, 0.717) is 30.2 Å². The third-order valence-corrected chi connectivity index (χ3v) is 2.90. The monoisotopic (exact) mass is 216 g/mol. The third-order valence-electron chi connectivity index (χ3n) is 2.90. The molecule has 4 nitrogen and oxygen atoms in total. The number of fused-ring (bicyclic) bond motifs is 2. The van der Waals surface area contributed by atoms with Crippen LogP contribution in [0.2, 0.25) is 0 Å². The van der Waals surface area contributed by atoms with Gasteiger partial charge in [0.2, 0.25) is 5.88 Å². The highest BCUT2D eigenvalue weighted by Gasteiger charge is 2.24. The molecule has 0 spiro atoms. The van der Waals surface area contributed by atoms with Crippen molar-refractivity contribution in [2.45, 2.75) is 12.5 Å². The third kappa shape index (κ3) is 1.23. The van der Waals surface area contributed by atoms with Crippen LogP contribution in [-0.4, -0.2) is 16.7 Å². The summed E-state index contributed by atoms with van der Waals surface area (Å²) in [5.74, 6) is 0.468. The zero-order valence-electron chi connectivity index (χ0n) is 8.68. The molecule has 3 N–H and O–H groups in total. The van der Waals surface area contributed by atoms with E-state index in [1.807, 2.05) is 24.3 Å². The van der Waals surface area contributed by atoms with E-state index in [0.717, 1.165) is 10.9 Å². The molecule has 4 heteroatoms. The van der Waals surface area contributed by atoms with Gasteiger partial charge in [-0.1, -0.05) is 18.2 Å². The Morgan fingerprint density at radius 1 is 1.38 bits per heavy atom. The summed E-state index contributed by atoms with van der Waals surface area (Å²) < 4.78 is 5.43. The van der Waals surface area contributed by atoms with E-state index >= 15 is 0 Å². The predicted molar refractivity (Wildman–Crippen MR) is 61.2 cm³/mol. The second kappa shape index (κ2) is 3.35. The van der Waals surface area contributed by atoms with E-state index in [1.54, 1.807) is 0 Å². The summed E-state index contributed by atoms with van der Waals surface area (Å²) in [5, 5.41) is 10.8. The number of nitrogens with zero attached hydrogens (tertiary/aromatic N) is 1. The second-order valence-corrected chi connectivity index (χ2v) is 3.91. The minimum Gasteiger partial charge on any atom is -0.477 e. The number of nitrogens with two attached hydrogens (primary N) is 1. The molecule has 1 aliphatic heterocycles. The zero-order valence-corrected chi connectivity index (χ0v) is 8.68. The Bertz CT molecular complexity index is 554. The van der Waals surface area contributed by atoms with Crippen molar-refractivity contribution in [3.63, 3.8) is 0 Å². The van der Waals surface area contributed by atoms with E-state index in [4.69, 9.17) is 10.5 Å². The van der Waals surface area contributed by atoms with Gasteiger partial charge in [0.1, 0.15) is 0 Å². The number of hydrogen-bond acceptors (Lipinski definition) is 4. The van der Waals surface area contributed by atoms with E-state index in [9.17, 15) is 5.11 Å². The van der Waals surface area contributed by atoms with Crippen LogP contribution in [0, 0.1) is 0 Å². The van der Waals surface area contributed by atoms with Crippen molar-refractivity contribution in [3.8, 4) is 5.88 Å². The number of benzene rings is 1. The number of aromatic nitrogens is 1. The molecule has 1 aromatic heterocycles. The maximum atomic E-state index is 9.90. The first-order valence-corrected chi connectivity index (χ1v) is 5.26. The molecule has 0 bridgehead atoms. The molecule has 0 saturated heterocycles. The lowest BCUT2D eigenvalue weighted by Crippen LogP contribution is -2.17. The number of aliphatic hydroxyl groups is 1. The van der Waals surface area contributed by atoms with Crippen molar-refractivity contribution in [2.24, 2.45) is 0 Å². The summed E-state index contributed by atoms with van der Waals surface area (Å²) in [7, 11) is 0. The van der Waals surface area contributed by atoms with Gasteiger partial charge < -0.3 is 15.6 Å². The second-order valence-electron chi connectivity index (χ2n) is 3.91. The average Bonchev–Trinajstić information content (AvgIpc) is 2.29. The van der Waals surface area contributed by atoms with Gasteiger partial charge in [0, 0.05) is 11.8 Å². The Labute approximate surface area is 92.7 Å². The topological polar surface area (TPSA) is 68.4 Å². The standard InChI is InChI=1S/C12H12N2O2/c13-11-7-3-1-2-4-8(7)14-12-10(11)9(15)5-6-16-12/h1-4,9,15H,5-6H2,(H2,13,14).